The lowest BCUT2D eigenvalue weighted by Gasteiger charge is -2.43. The molecule has 20 heavy (non-hydrogen) atoms. The lowest BCUT2D eigenvalue weighted by atomic mass is 9.85. The normalized spacial score (nSPS) is 21.6. The predicted octanol–water partition coefficient (Wildman–Crippen LogP) is -0.456. The van der Waals surface area contributed by atoms with E-state index in [2.05, 4.69) is 25.5 Å². The summed E-state index contributed by atoms with van der Waals surface area (Å²) < 4.78 is 5.12. The fourth-order valence-corrected chi connectivity index (χ4v) is 2.82. The van der Waals surface area contributed by atoms with Gasteiger partial charge in [0.1, 0.15) is 5.54 Å². The van der Waals surface area contributed by atoms with Gasteiger partial charge in [0.05, 0.1) is 7.11 Å². The van der Waals surface area contributed by atoms with E-state index in [1.54, 1.807) is 19.4 Å². The molecule has 0 unspecified atom stereocenters. The summed E-state index contributed by atoms with van der Waals surface area (Å²) in [5.41, 5.74) is -0.409. The number of hydrogen-bond donors (Lipinski definition) is 2. The van der Waals surface area contributed by atoms with Gasteiger partial charge in [-0.1, -0.05) is 0 Å². The first-order chi connectivity index (χ1) is 9.73. The standard InChI is InChI=1S/C13H19N5O2/c1-20-10-2-5-15-12(17-10)18-8-3-13(4-9-18)11(19)14-6-7-16-13/h2,5,16H,3-4,6-9H2,1H3,(H,14,19). The van der Waals surface area contributed by atoms with E-state index in [0.29, 0.717) is 18.4 Å². The number of nitrogens with zero attached hydrogens (tertiary/aromatic N) is 3. The molecule has 0 aliphatic carbocycles. The number of hydrogen-bond acceptors (Lipinski definition) is 6. The fraction of sp³-hybridized carbons (Fsp3) is 0.615. The van der Waals surface area contributed by atoms with Crippen molar-refractivity contribution in [2.75, 3.05) is 38.2 Å². The monoisotopic (exact) mass is 277 g/mol. The Bertz CT molecular complexity index is 499. The predicted molar refractivity (Wildman–Crippen MR) is 73.8 cm³/mol. The van der Waals surface area contributed by atoms with Crippen LogP contribution in [0.2, 0.25) is 0 Å². The Kier molecular flexibility index (Phi) is 3.43. The molecule has 3 rings (SSSR count). The molecule has 1 amide bonds. The smallest absolute Gasteiger partial charge is 0.240 e. The van der Waals surface area contributed by atoms with Crippen molar-refractivity contribution in [3.63, 3.8) is 0 Å². The summed E-state index contributed by atoms with van der Waals surface area (Å²) in [7, 11) is 1.59. The molecule has 7 nitrogen and oxygen atoms in total. The molecule has 2 aliphatic heterocycles. The number of piperidine rings is 1. The van der Waals surface area contributed by atoms with Crippen LogP contribution >= 0.6 is 0 Å². The second-order valence-corrected chi connectivity index (χ2v) is 5.15. The fourth-order valence-electron chi connectivity index (χ4n) is 2.82. The van der Waals surface area contributed by atoms with Crippen LogP contribution in [-0.2, 0) is 4.79 Å². The summed E-state index contributed by atoms with van der Waals surface area (Å²) in [6.45, 7) is 3.06. The average Bonchev–Trinajstić information content (AvgIpc) is 2.51. The molecule has 3 heterocycles. The van der Waals surface area contributed by atoms with Crippen molar-refractivity contribution in [1.29, 1.82) is 0 Å². The van der Waals surface area contributed by atoms with Crippen LogP contribution in [0, 0.1) is 0 Å². The van der Waals surface area contributed by atoms with Gasteiger partial charge in [0, 0.05) is 38.4 Å². The molecule has 0 saturated carbocycles. The van der Waals surface area contributed by atoms with Gasteiger partial charge in [-0.05, 0) is 12.8 Å². The number of anilines is 1. The highest BCUT2D eigenvalue weighted by Gasteiger charge is 2.42. The van der Waals surface area contributed by atoms with E-state index in [9.17, 15) is 4.79 Å². The third kappa shape index (κ3) is 2.29. The molecule has 1 aromatic rings. The van der Waals surface area contributed by atoms with Gasteiger partial charge in [-0.2, -0.15) is 4.98 Å². The minimum atomic E-state index is -0.409. The molecule has 7 heteroatoms. The first-order valence-electron chi connectivity index (χ1n) is 6.89. The van der Waals surface area contributed by atoms with Crippen LogP contribution < -0.4 is 20.3 Å². The van der Waals surface area contributed by atoms with Crippen molar-refractivity contribution in [3.8, 4) is 5.88 Å². The molecule has 2 saturated heterocycles. The topological polar surface area (TPSA) is 79.4 Å². The van der Waals surface area contributed by atoms with E-state index in [0.717, 1.165) is 32.5 Å². The van der Waals surface area contributed by atoms with E-state index >= 15 is 0 Å². The largest absolute Gasteiger partial charge is 0.481 e. The third-order valence-electron chi connectivity index (χ3n) is 4.03. The Hall–Kier alpha value is -1.89. The quantitative estimate of drug-likeness (QED) is 0.762. The average molecular weight is 277 g/mol. The number of piperazine rings is 1. The summed E-state index contributed by atoms with van der Waals surface area (Å²) in [6, 6.07) is 1.73. The van der Waals surface area contributed by atoms with Crippen LogP contribution in [0.5, 0.6) is 5.88 Å². The van der Waals surface area contributed by atoms with E-state index in [4.69, 9.17) is 4.74 Å². The van der Waals surface area contributed by atoms with Gasteiger partial charge >= 0.3 is 0 Å². The van der Waals surface area contributed by atoms with E-state index in [-0.39, 0.29) is 5.91 Å². The van der Waals surface area contributed by atoms with Gasteiger partial charge < -0.3 is 20.3 Å². The molecule has 1 aromatic heterocycles. The molecule has 108 valence electrons. The van der Waals surface area contributed by atoms with Gasteiger partial charge in [-0.3, -0.25) is 4.79 Å². The van der Waals surface area contributed by atoms with Crippen molar-refractivity contribution >= 4 is 11.9 Å². The Labute approximate surface area is 117 Å². The van der Waals surface area contributed by atoms with E-state index in [1.165, 1.54) is 0 Å². The third-order valence-corrected chi connectivity index (χ3v) is 4.03. The molecule has 0 bridgehead atoms. The Balaban J connectivity index is 1.70. The number of amides is 1. The minimum absolute atomic E-state index is 0.120. The summed E-state index contributed by atoms with van der Waals surface area (Å²) in [6.07, 6.45) is 3.22. The zero-order chi connectivity index (χ0) is 14.0. The zero-order valence-corrected chi connectivity index (χ0v) is 11.6. The van der Waals surface area contributed by atoms with Crippen LogP contribution in [0.25, 0.3) is 0 Å². The zero-order valence-electron chi connectivity index (χ0n) is 11.6. The SMILES string of the molecule is COc1ccnc(N2CCC3(CC2)NCCNC3=O)n1. The maximum Gasteiger partial charge on any atom is 0.240 e. The van der Waals surface area contributed by atoms with Crippen LogP contribution in [0.15, 0.2) is 12.3 Å². The van der Waals surface area contributed by atoms with Gasteiger partial charge in [-0.15, -0.1) is 0 Å². The first kappa shape index (κ1) is 13.1. The Morgan fingerprint density at radius 1 is 1.35 bits per heavy atom. The van der Waals surface area contributed by atoms with Crippen LogP contribution in [0.1, 0.15) is 12.8 Å². The van der Waals surface area contributed by atoms with Crippen molar-refractivity contribution in [2.45, 2.75) is 18.4 Å². The molecule has 0 aromatic carbocycles. The molecular weight excluding hydrogens is 258 g/mol. The van der Waals surface area contributed by atoms with Crippen molar-refractivity contribution in [2.24, 2.45) is 0 Å². The highest BCUT2D eigenvalue weighted by molar-refractivity contribution is 5.87. The Morgan fingerprint density at radius 2 is 2.15 bits per heavy atom. The molecule has 2 aliphatic rings. The van der Waals surface area contributed by atoms with Gasteiger partial charge in [0.25, 0.3) is 0 Å². The van der Waals surface area contributed by atoms with Gasteiger partial charge in [0.15, 0.2) is 0 Å². The Morgan fingerprint density at radius 3 is 2.85 bits per heavy atom. The van der Waals surface area contributed by atoms with Crippen molar-refractivity contribution < 1.29 is 9.53 Å². The van der Waals surface area contributed by atoms with Gasteiger partial charge in [-0.25, -0.2) is 4.98 Å². The highest BCUT2D eigenvalue weighted by Crippen LogP contribution is 2.26. The number of ether oxygens (including phenoxy) is 1. The van der Waals surface area contributed by atoms with Crippen LogP contribution in [0.4, 0.5) is 5.95 Å². The molecule has 0 radical (unpaired) electrons. The van der Waals surface area contributed by atoms with Gasteiger partial charge in [0.2, 0.25) is 17.7 Å². The number of nitrogens with one attached hydrogen (secondary N) is 2. The van der Waals surface area contributed by atoms with Crippen LogP contribution in [0.3, 0.4) is 0 Å². The maximum absolute atomic E-state index is 12.1. The maximum atomic E-state index is 12.1. The molecule has 2 fully saturated rings. The molecular formula is C13H19N5O2. The highest BCUT2D eigenvalue weighted by atomic mass is 16.5. The number of carbonyl (C=O) groups is 1. The minimum Gasteiger partial charge on any atom is -0.481 e. The van der Waals surface area contributed by atoms with Crippen molar-refractivity contribution in [3.05, 3.63) is 12.3 Å². The number of aromatic nitrogens is 2. The van der Waals surface area contributed by atoms with E-state index in [1.807, 2.05) is 0 Å². The first-order valence-corrected chi connectivity index (χ1v) is 6.89. The lowest BCUT2D eigenvalue weighted by Crippen LogP contribution is -2.66. The van der Waals surface area contributed by atoms with Crippen molar-refractivity contribution in [1.82, 2.24) is 20.6 Å². The lowest BCUT2D eigenvalue weighted by molar-refractivity contribution is -0.130. The second kappa shape index (κ2) is 5.24. The molecule has 0 atom stereocenters. The molecule has 2 N–H and O–H groups in total. The van der Waals surface area contributed by atoms with Crippen LogP contribution in [-0.4, -0.2) is 54.7 Å². The second-order valence-electron chi connectivity index (χ2n) is 5.15. The summed E-state index contributed by atoms with van der Waals surface area (Å²) in [5.74, 6) is 1.34. The summed E-state index contributed by atoms with van der Waals surface area (Å²) >= 11 is 0. The number of rotatable bonds is 2. The number of methoxy groups -OCH3 is 1. The molecule has 1 spiro atoms. The summed E-state index contributed by atoms with van der Waals surface area (Å²) in [4.78, 5) is 22.8. The number of carbonyl (C=O) groups excluding carboxylic acids is 1. The van der Waals surface area contributed by atoms with E-state index < -0.39 is 5.54 Å². The summed E-state index contributed by atoms with van der Waals surface area (Å²) in [5, 5.41) is 6.32.